The minimum Gasteiger partial charge on any atom is -0.493 e. The lowest BCUT2D eigenvalue weighted by molar-refractivity contribution is 0.102. The smallest absolute Gasteiger partial charge is 0.272 e. The van der Waals surface area contributed by atoms with Gasteiger partial charge < -0.3 is 19.7 Å². The van der Waals surface area contributed by atoms with Crippen molar-refractivity contribution in [2.24, 2.45) is 0 Å². The van der Waals surface area contributed by atoms with Crippen molar-refractivity contribution in [1.82, 2.24) is 14.8 Å². The van der Waals surface area contributed by atoms with E-state index in [9.17, 15) is 4.79 Å². The molecule has 1 aromatic carbocycles. The summed E-state index contributed by atoms with van der Waals surface area (Å²) in [6, 6.07) is 8.72. The van der Waals surface area contributed by atoms with E-state index < -0.39 is 0 Å². The van der Waals surface area contributed by atoms with Crippen LogP contribution < -0.4 is 19.7 Å². The Morgan fingerprint density at radius 2 is 1.92 bits per heavy atom. The number of nitrogens with one attached hydrogen (secondary N) is 1. The van der Waals surface area contributed by atoms with Gasteiger partial charge in [-0.05, 0) is 24.3 Å². The number of carbonyl (C=O) groups is 1. The number of nitrogens with zero attached hydrogens (tertiary/aromatic N) is 4. The van der Waals surface area contributed by atoms with Gasteiger partial charge in [-0.25, -0.2) is 0 Å². The van der Waals surface area contributed by atoms with Crippen LogP contribution in [0.2, 0.25) is 0 Å². The fourth-order valence-electron chi connectivity index (χ4n) is 2.33. The predicted molar refractivity (Wildman–Crippen MR) is 101 cm³/mol. The Kier molecular flexibility index (Phi) is 5.08. The summed E-state index contributed by atoms with van der Waals surface area (Å²) in [6.45, 7) is 0. The van der Waals surface area contributed by atoms with E-state index in [-0.39, 0.29) is 5.91 Å². The molecule has 0 atom stereocenters. The monoisotopic (exact) mass is 373 g/mol. The summed E-state index contributed by atoms with van der Waals surface area (Å²) in [5, 5.41) is 12.5. The molecule has 9 heteroatoms. The molecule has 0 aliphatic carbocycles. The van der Waals surface area contributed by atoms with Gasteiger partial charge in [0, 0.05) is 32.0 Å². The zero-order chi connectivity index (χ0) is 18.7. The molecule has 0 bridgehead atoms. The van der Waals surface area contributed by atoms with Crippen molar-refractivity contribution in [2.75, 3.05) is 38.5 Å². The molecule has 3 aromatic rings. The Bertz CT molecular complexity index is 919. The van der Waals surface area contributed by atoms with Crippen LogP contribution in [0.25, 0.3) is 5.13 Å². The number of aromatic nitrogens is 3. The first kappa shape index (κ1) is 17.7. The molecule has 0 aliphatic heterocycles. The number of ether oxygens (including phenoxy) is 2. The molecule has 1 amide bonds. The fourth-order valence-corrected chi connectivity index (χ4v) is 3.09. The van der Waals surface area contributed by atoms with Gasteiger partial charge >= 0.3 is 0 Å². The first-order valence-corrected chi connectivity index (χ1v) is 8.57. The minimum absolute atomic E-state index is 0.260. The van der Waals surface area contributed by atoms with Gasteiger partial charge in [-0.15, -0.1) is 10.2 Å². The molecular formula is C17H19N5O3S. The molecule has 0 radical (unpaired) electrons. The molecule has 2 heterocycles. The van der Waals surface area contributed by atoms with Gasteiger partial charge in [-0.1, -0.05) is 11.3 Å². The quantitative estimate of drug-likeness (QED) is 0.715. The van der Waals surface area contributed by atoms with Crippen molar-refractivity contribution < 1.29 is 14.3 Å². The van der Waals surface area contributed by atoms with Crippen LogP contribution in [0.3, 0.4) is 0 Å². The SMILES string of the molecule is COc1ccc(NC(=O)c2cccn2-c2nnc(N(C)C)s2)cc1OC. The summed E-state index contributed by atoms with van der Waals surface area (Å²) < 4.78 is 12.2. The van der Waals surface area contributed by atoms with Crippen LogP contribution >= 0.6 is 11.3 Å². The number of hydrogen-bond acceptors (Lipinski definition) is 7. The van der Waals surface area contributed by atoms with Crippen molar-refractivity contribution in [3.8, 4) is 16.6 Å². The van der Waals surface area contributed by atoms with Gasteiger partial charge in [0.1, 0.15) is 5.69 Å². The molecule has 0 aliphatic rings. The summed E-state index contributed by atoms with van der Waals surface area (Å²) >= 11 is 1.40. The molecular weight excluding hydrogens is 354 g/mol. The predicted octanol–water partition coefficient (Wildman–Crippen LogP) is 2.66. The van der Waals surface area contributed by atoms with Gasteiger partial charge in [-0.3, -0.25) is 9.36 Å². The number of methoxy groups -OCH3 is 2. The van der Waals surface area contributed by atoms with Crippen molar-refractivity contribution >= 4 is 28.1 Å². The zero-order valence-corrected chi connectivity index (χ0v) is 15.7. The van der Waals surface area contributed by atoms with Crippen LogP contribution in [0.5, 0.6) is 11.5 Å². The Morgan fingerprint density at radius 1 is 1.15 bits per heavy atom. The van der Waals surface area contributed by atoms with Crippen LogP contribution in [0.15, 0.2) is 36.5 Å². The average Bonchev–Trinajstić information content (AvgIpc) is 3.30. The van der Waals surface area contributed by atoms with E-state index in [4.69, 9.17) is 9.47 Å². The van der Waals surface area contributed by atoms with Crippen LogP contribution in [0.4, 0.5) is 10.8 Å². The first-order chi connectivity index (χ1) is 12.5. The largest absolute Gasteiger partial charge is 0.493 e. The second-order valence-electron chi connectivity index (χ2n) is 5.55. The first-order valence-electron chi connectivity index (χ1n) is 7.75. The summed E-state index contributed by atoms with van der Waals surface area (Å²) in [4.78, 5) is 14.6. The van der Waals surface area contributed by atoms with Gasteiger partial charge in [-0.2, -0.15) is 0 Å². The van der Waals surface area contributed by atoms with Gasteiger partial charge in [0.25, 0.3) is 5.91 Å². The Labute approximate surface area is 155 Å². The molecule has 0 saturated carbocycles. The Balaban J connectivity index is 1.84. The summed E-state index contributed by atoms with van der Waals surface area (Å²) in [5.74, 6) is 0.878. The number of hydrogen-bond donors (Lipinski definition) is 1. The van der Waals surface area contributed by atoms with E-state index in [1.54, 1.807) is 55.3 Å². The van der Waals surface area contributed by atoms with Crippen molar-refractivity contribution in [3.05, 3.63) is 42.2 Å². The van der Waals surface area contributed by atoms with E-state index in [1.807, 2.05) is 19.0 Å². The number of anilines is 2. The molecule has 1 N–H and O–H groups in total. The summed E-state index contributed by atoms with van der Waals surface area (Å²) in [5.41, 5.74) is 1.06. The lowest BCUT2D eigenvalue weighted by Gasteiger charge is -2.11. The molecule has 8 nitrogen and oxygen atoms in total. The number of rotatable bonds is 6. The number of benzene rings is 1. The maximum absolute atomic E-state index is 12.7. The minimum atomic E-state index is -0.260. The summed E-state index contributed by atoms with van der Waals surface area (Å²) in [6.07, 6.45) is 1.78. The van der Waals surface area contributed by atoms with Crippen molar-refractivity contribution in [3.63, 3.8) is 0 Å². The second kappa shape index (κ2) is 7.44. The Morgan fingerprint density at radius 3 is 2.58 bits per heavy atom. The molecule has 2 aromatic heterocycles. The molecule has 0 spiro atoms. The fraction of sp³-hybridized carbons (Fsp3) is 0.235. The Hall–Kier alpha value is -3.07. The van der Waals surface area contributed by atoms with E-state index in [1.165, 1.54) is 11.3 Å². The highest BCUT2D eigenvalue weighted by atomic mass is 32.1. The van der Waals surface area contributed by atoms with E-state index in [0.717, 1.165) is 5.13 Å². The topological polar surface area (TPSA) is 81.5 Å². The third kappa shape index (κ3) is 3.47. The van der Waals surface area contributed by atoms with Crippen LogP contribution in [0.1, 0.15) is 10.5 Å². The van der Waals surface area contributed by atoms with Crippen LogP contribution in [-0.2, 0) is 0 Å². The molecule has 0 saturated heterocycles. The molecule has 0 unspecified atom stereocenters. The third-order valence-electron chi connectivity index (χ3n) is 3.62. The number of carbonyl (C=O) groups excluding carboxylic acids is 1. The lowest BCUT2D eigenvalue weighted by atomic mass is 10.2. The van der Waals surface area contributed by atoms with E-state index in [0.29, 0.717) is 28.0 Å². The molecule has 26 heavy (non-hydrogen) atoms. The average molecular weight is 373 g/mol. The summed E-state index contributed by atoms with van der Waals surface area (Å²) in [7, 11) is 6.90. The standard InChI is InChI=1S/C17H19N5O3S/c1-21(2)16-19-20-17(26-16)22-9-5-6-12(22)15(23)18-11-7-8-13(24-3)14(10-11)25-4/h5-10H,1-4H3,(H,18,23). The van der Waals surface area contributed by atoms with E-state index in [2.05, 4.69) is 15.5 Å². The molecule has 0 fully saturated rings. The van der Waals surface area contributed by atoms with E-state index >= 15 is 0 Å². The van der Waals surface area contributed by atoms with Crippen molar-refractivity contribution in [1.29, 1.82) is 0 Å². The van der Waals surface area contributed by atoms with Crippen LogP contribution in [0, 0.1) is 0 Å². The molecule has 136 valence electrons. The number of amides is 1. The normalized spacial score (nSPS) is 10.5. The zero-order valence-electron chi connectivity index (χ0n) is 14.9. The molecule has 3 rings (SSSR count). The highest BCUT2D eigenvalue weighted by Gasteiger charge is 2.16. The second-order valence-corrected chi connectivity index (χ2v) is 6.48. The maximum atomic E-state index is 12.7. The van der Waals surface area contributed by atoms with Crippen molar-refractivity contribution in [2.45, 2.75) is 0 Å². The lowest BCUT2D eigenvalue weighted by Crippen LogP contribution is -2.16. The highest BCUT2D eigenvalue weighted by Crippen LogP contribution is 2.30. The van der Waals surface area contributed by atoms with Gasteiger partial charge in [0.15, 0.2) is 11.5 Å². The highest BCUT2D eigenvalue weighted by molar-refractivity contribution is 7.17. The van der Waals surface area contributed by atoms with Gasteiger partial charge in [0.2, 0.25) is 10.3 Å². The van der Waals surface area contributed by atoms with Gasteiger partial charge in [0.05, 0.1) is 14.2 Å². The third-order valence-corrected chi connectivity index (χ3v) is 4.71. The van der Waals surface area contributed by atoms with Crippen LogP contribution in [-0.4, -0.2) is 49.0 Å². The maximum Gasteiger partial charge on any atom is 0.272 e.